The molecule has 28 heavy (non-hydrogen) atoms. The largest absolute Gasteiger partial charge is 0.493 e. The molecule has 3 aromatic rings. The topological polar surface area (TPSA) is 81.2 Å². The molecule has 0 aliphatic rings. The number of aryl methyl sites for hydroxylation is 2. The molecule has 0 aliphatic heterocycles. The number of nitrogens with one attached hydrogen (secondary N) is 2. The van der Waals surface area contributed by atoms with E-state index < -0.39 is 0 Å². The zero-order chi connectivity index (χ0) is 19.9. The fourth-order valence-electron chi connectivity index (χ4n) is 2.80. The molecule has 2 aromatic carbocycles. The van der Waals surface area contributed by atoms with E-state index in [-0.39, 0.29) is 0 Å². The van der Waals surface area contributed by atoms with Crippen molar-refractivity contribution in [2.75, 3.05) is 31.4 Å². The molecule has 7 heteroatoms. The minimum Gasteiger partial charge on any atom is -0.493 e. The number of methoxy groups -OCH3 is 2. The lowest BCUT2D eigenvalue weighted by molar-refractivity contribution is 0.354. The lowest BCUT2D eigenvalue weighted by Gasteiger charge is -2.11. The molecule has 3 rings (SSSR count). The summed E-state index contributed by atoms with van der Waals surface area (Å²) in [6, 6.07) is 12.1. The van der Waals surface area contributed by atoms with Crippen molar-refractivity contribution < 1.29 is 9.47 Å². The van der Waals surface area contributed by atoms with Gasteiger partial charge in [0.25, 0.3) is 0 Å². The van der Waals surface area contributed by atoms with Crippen LogP contribution in [0.1, 0.15) is 16.7 Å². The Kier molecular flexibility index (Phi) is 6.26. The molecule has 1 heterocycles. The van der Waals surface area contributed by atoms with Gasteiger partial charge in [-0.15, -0.1) is 5.10 Å². The van der Waals surface area contributed by atoms with Crippen LogP contribution in [-0.4, -0.2) is 35.9 Å². The summed E-state index contributed by atoms with van der Waals surface area (Å²) in [5.74, 6) is 2.57. The van der Waals surface area contributed by atoms with Gasteiger partial charge in [-0.1, -0.05) is 18.2 Å². The average Bonchev–Trinajstić information content (AvgIpc) is 2.71. The van der Waals surface area contributed by atoms with Gasteiger partial charge in [0.05, 0.1) is 20.4 Å². The van der Waals surface area contributed by atoms with E-state index >= 15 is 0 Å². The Morgan fingerprint density at radius 1 is 0.964 bits per heavy atom. The standard InChI is InChI=1S/C21H25N5O2/c1-14-5-6-15(2)17(11-14)24-20-13-23-26-21(25-20)22-10-9-16-7-8-18(27-3)19(12-16)28-4/h5-8,11-13H,9-10H2,1-4H3,(H2,22,24,25,26). The molecule has 0 aliphatic carbocycles. The van der Waals surface area contributed by atoms with Gasteiger partial charge in [0, 0.05) is 12.2 Å². The summed E-state index contributed by atoms with van der Waals surface area (Å²) in [6.07, 6.45) is 2.40. The molecule has 7 nitrogen and oxygen atoms in total. The highest BCUT2D eigenvalue weighted by Crippen LogP contribution is 2.27. The summed E-state index contributed by atoms with van der Waals surface area (Å²) in [7, 11) is 3.26. The molecular formula is C21H25N5O2. The number of anilines is 3. The van der Waals surface area contributed by atoms with Crippen molar-refractivity contribution in [2.24, 2.45) is 0 Å². The second-order valence-electron chi connectivity index (χ2n) is 6.47. The predicted molar refractivity (Wildman–Crippen MR) is 111 cm³/mol. The van der Waals surface area contributed by atoms with Crippen LogP contribution in [0.25, 0.3) is 0 Å². The maximum atomic E-state index is 5.34. The summed E-state index contributed by atoms with van der Waals surface area (Å²) >= 11 is 0. The summed E-state index contributed by atoms with van der Waals surface area (Å²) < 4.78 is 10.6. The molecule has 0 bridgehead atoms. The molecule has 0 atom stereocenters. The van der Waals surface area contributed by atoms with Crippen molar-refractivity contribution in [2.45, 2.75) is 20.3 Å². The highest BCUT2D eigenvalue weighted by Gasteiger charge is 2.06. The van der Waals surface area contributed by atoms with Crippen molar-refractivity contribution in [3.8, 4) is 11.5 Å². The Balaban J connectivity index is 1.61. The van der Waals surface area contributed by atoms with Crippen molar-refractivity contribution >= 4 is 17.5 Å². The van der Waals surface area contributed by atoms with Gasteiger partial charge in [0.15, 0.2) is 17.3 Å². The number of rotatable bonds is 8. The van der Waals surface area contributed by atoms with Gasteiger partial charge >= 0.3 is 0 Å². The number of hydrogen-bond acceptors (Lipinski definition) is 7. The molecule has 0 spiro atoms. The lowest BCUT2D eigenvalue weighted by atomic mass is 10.1. The first-order valence-corrected chi connectivity index (χ1v) is 9.08. The van der Waals surface area contributed by atoms with Gasteiger partial charge in [-0.3, -0.25) is 0 Å². The SMILES string of the molecule is COc1ccc(CCNc2nncc(Nc3cc(C)ccc3C)n2)cc1OC. The van der Waals surface area contributed by atoms with Gasteiger partial charge in [-0.25, -0.2) is 0 Å². The van der Waals surface area contributed by atoms with Crippen LogP contribution in [0.15, 0.2) is 42.6 Å². The third kappa shape index (κ3) is 4.88. The highest BCUT2D eigenvalue weighted by atomic mass is 16.5. The van der Waals surface area contributed by atoms with Crippen molar-refractivity contribution in [3.63, 3.8) is 0 Å². The molecule has 0 amide bonds. The Morgan fingerprint density at radius 2 is 1.79 bits per heavy atom. The van der Waals surface area contributed by atoms with Crippen LogP contribution in [0.5, 0.6) is 11.5 Å². The minimum atomic E-state index is 0.482. The molecule has 1 aromatic heterocycles. The van der Waals surface area contributed by atoms with E-state index in [0.29, 0.717) is 18.3 Å². The van der Waals surface area contributed by atoms with E-state index in [1.165, 1.54) is 5.56 Å². The first-order valence-electron chi connectivity index (χ1n) is 9.08. The maximum Gasteiger partial charge on any atom is 0.244 e. The van der Waals surface area contributed by atoms with Crippen LogP contribution in [-0.2, 0) is 6.42 Å². The predicted octanol–water partition coefficient (Wildman–Crippen LogP) is 3.90. The Morgan fingerprint density at radius 3 is 2.57 bits per heavy atom. The van der Waals surface area contributed by atoms with E-state index in [1.54, 1.807) is 20.4 Å². The van der Waals surface area contributed by atoms with Gasteiger partial charge in [0.1, 0.15) is 0 Å². The molecule has 0 fully saturated rings. The number of benzene rings is 2. The van der Waals surface area contributed by atoms with Gasteiger partial charge in [-0.05, 0) is 55.2 Å². The fourth-order valence-corrected chi connectivity index (χ4v) is 2.80. The summed E-state index contributed by atoms with van der Waals surface area (Å²) in [5, 5.41) is 14.6. The first-order chi connectivity index (χ1) is 13.6. The van der Waals surface area contributed by atoms with E-state index in [1.807, 2.05) is 18.2 Å². The second-order valence-corrected chi connectivity index (χ2v) is 6.47. The molecule has 0 saturated heterocycles. The van der Waals surface area contributed by atoms with E-state index in [4.69, 9.17) is 9.47 Å². The van der Waals surface area contributed by atoms with Crippen LogP contribution in [0.2, 0.25) is 0 Å². The van der Waals surface area contributed by atoms with Crippen LogP contribution in [0.3, 0.4) is 0 Å². The second kappa shape index (κ2) is 9.03. The quantitative estimate of drug-likeness (QED) is 0.614. The van der Waals surface area contributed by atoms with Crippen LogP contribution >= 0.6 is 0 Å². The summed E-state index contributed by atoms with van der Waals surface area (Å²) in [6.45, 7) is 4.78. The van der Waals surface area contributed by atoms with Crippen LogP contribution < -0.4 is 20.1 Å². The molecule has 146 valence electrons. The van der Waals surface area contributed by atoms with Crippen LogP contribution in [0, 0.1) is 13.8 Å². The number of aromatic nitrogens is 3. The summed E-state index contributed by atoms with van der Waals surface area (Å²) in [4.78, 5) is 4.49. The molecule has 0 unspecified atom stereocenters. The highest BCUT2D eigenvalue weighted by molar-refractivity contribution is 5.61. The number of hydrogen-bond donors (Lipinski definition) is 2. The van der Waals surface area contributed by atoms with Crippen molar-refractivity contribution in [1.29, 1.82) is 0 Å². The zero-order valence-electron chi connectivity index (χ0n) is 16.6. The Labute approximate surface area is 165 Å². The average molecular weight is 379 g/mol. The van der Waals surface area contributed by atoms with E-state index in [0.717, 1.165) is 34.7 Å². The minimum absolute atomic E-state index is 0.482. The van der Waals surface area contributed by atoms with E-state index in [2.05, 4.69) is 57.9 Å². The molecular weight excluding hydrogens is 354 g/mol. The van der Waals surface area contributed by atoms with Crippen LogP contribution in [0.4, 0.5) is 17.5 Å². The first kappa shape index (κ1) is 19.4. The Bertz CT molecular complexity index is 946. The lowest BCUT2D eigenvalue weighted by Crippen LogP contribution is -2.10. The van der Waals surface area contributed by atoms with Gasteiger partial charge < -0.3 is 20.1 Å². The Hall–Kier alpha value is -3.35. The van der Waals surface area contributed by atoms with Crippen molar-refractivity contribution in [3.05, 3.63) is 59.3 Å². The number of nitrogens with zero attached hydrogens (tertiary/aromatic N) is 3. The van der Waals surface area contributed by atoms with Gasteiger partial charge in [-0.2, -0.15) is 10.1 Å². The molecule has 0 radical (unpaired) electrons. The summed E-state index contributed by atoms with van der Waals surface area (Å²) in [5.41, 5.74) is 4.47. The third-order valence-electron chi connectivity index (χ3n) is 4.36. The zero-order valence-corrected chi connectivity index (χ0v) is 16.6. The number of ether oxygens (including phenoxy) is 2. The monoisotopic (exact) mass is 379 g/mol. The van der Waals surface area contributed by atoms with Gasteiger partial charge in [0.2, 0.25) is 5.95 Å². The molecule has 0 saturated carbocycles. The smallest absolute Gasteiger partial charge is 0.244 e. The maximum absolute atomic E-state index is 5.34. The van der Waals surface area contributed by atoms with E-state index in [9.17, 15) is 0 Å². The van der Waals surface area contributed by atoms with Crippen molar-refractivity contribution in [1.82, 2.24) is 15.2 Å². The molecule has 2 N–H and O–H groups in total. The normalized spacial score (nSPS) is 10.4. The third-order valence-corrected chi connectivity index (χ3v) is 4.36. The fraction of sp³-hybridized carbons (Fsp3) is 0.286.